The number of amides is 1. The summed E-state index contributed by atoms with van der Waals surface area (Å²) in [5.41, 5.74) is 0.596. The number of rotatable bonds is 7. The van der Waals surface area contributed by atoms with Gasteiger partial charge in [0.1, 0.15) is 11.4 Å². The highest BCUT2D eigenvalue weighted by atomic mass is 35.5. The maximum atomic E-state index is 14.3. The van der Waals surface area contributed by atoms with Crippen LogP contribution >= 0.6 is 11.6 Å². The highest BCUT2D eigenvalue weighted by molar-refractivity contribution is 6.30. The van der Waals surface area contributed by atoms with Gasteiger partial charge in [-0.05, 0) is 48.2 Å². The molecule has 1 aromatic heterocycles. The summed E-state index contributed by atoms with van der Waals surface area (Å²) in [6.45, 7) is 0.205. The van der Waals surface area contributed by atoms with Crippen LogP contribution in [0.25, 0.3) is 10.9 Å². The molecule has 0 unspecified atom stereocenters. The van der Waals surface area contributed by atoms with Crippen LogP contribution in [0.5, 0.6) is 0 Å². The second kappa shape index (κ2) is 8.87. The third kappa shape index (κ3) is 5.00. The standard InChI is InChI=1S/C21H18ClFN2O4/c22-14-6-4-12(5-7-14)10-25-21(29)16-11-24-19-15(20(16)28)8-13(9-17(19)23)2-1-3-18(26)27/h4-9,11H,1-3,10H2,(H,24,28)(H,25,29)(H,26,27). The van der Waals surface area contributed by atoms with Gasteiger partial charge in [0, 0.05) is 29.6 Å². The smallest absolute Gasteiger partial charge is 0.303 e. The Kier molecular flexibility index (Phi) is 6.29. The van der Waals surface area contributed by atoms with E-state index in [4.69, 9.17) is 16.7 Å². The summed E-state index contributed by atoms with van der Waals surface area (Å²) in [7, 11) is 0. The van der Waals surface area contributed by atoms with Crippen molar-refractivity contribution >= 4 is 34.4 Å². The van der Waals surface area contributed by atoms with Gasteiger partial charge in [-0.2, -0.15) is 0 Å². The average Bonchev–Trinajstić information content (AvgIpc) is 2.68. The molecule has 0 fully saturated rings. The number of carbonyl (C=O) groups is 2. The zero-order valence-electron chi connectivity index (χ0n) is 15.3. The van der Waals surface area contributed by atoms with Gasteiger partial charge in [0.2, 0.25) is 5.43 Å². The Morgan fingerprint density at radius 3 is 2.55 bits per heavy atom. The molecule has 150 valence electrons. The molecule has 6 nitrogen and oxygen atoms in total. The fraction of sp³-hybridized carbons (Fsp3) is 0.190. The second-order valence-corrected chi connectivity index (χ2v) is 7.02. The van der Waals surface area contributed by atoms with Crippen molar-refractivity contribution in [1.29, 1.82) is 0 Å². The molecule has 0 radical (unpaired) electrons. The van der Waals surface area contributed by atoms with E-state index >= 15 is 0 Å². The number of halogens is 2. The Balaban J connectivity index is 1.83. The minimum absolute atomic E-state index is 0.00577. The van der Waals surface area contributed by atoms with Gasteiger partial charge in [0.25, 0.3) is 5.91 Å². The first-order valence-corrected chi connectivity index (χ1v) is 9.31. The Bertz CT molecular complexity index is 1130. The molecule has 0 saturated heterocycles. The predicted molar refractivity (Wildman–Crippen MR) is 108 cm³/mol. The maximum Gasteiger partial charge on any atom is 0.303 e. The van der Waals surface area contributed by atoms with E-state index in [9.17, 15) is 18.8 Å². The molecule has 0 bridgehead atoms. The van der Waals surface area contributed by atoms with E-state index < -0.39 is 23.1 Å². The van der Waals surface area contributed by atoms with E-state index in [2.05, 4.69) is 10.3 Å². The number of aromatic amines is 1. The van der Waals surface area contributed by atoms with Crippen molar-refractivity contribution < 1.29 is 19.1 Å². The summed E-state index contributed by atoms with van der Waals surface area (Å²) < 4.78 is 14.3. The monoisotopic (exact) mass is 416 g/mol. The van der Waals surface area contributed by atoms with Crippen LogP contribution in [0.3, 0.4) is 0 Å². The number of aromatic nitrogens is 1. The van der Waals surface area contributed by atoms with Crippen LogP contribution in [-0.4, -0.2) is 22.0 Å². The summed E-state index contributed by atoms with van der Waals surface area (Å²) in [5, 5.41) is 12.0. The van der Waals surface area contributed by atoms with E-state index in [0.717, 1.165) is 5.56 Å². The van der Waals surface area contributed by atoms with Crippen molar-refractivity contribution in [1.82, 2.24) is 10.3 Å². The fourth-order valence-corrected chi connectivity index (χ4v) is 3.11. The van der Waals surface area contributed by atoms with Gasteiger partial charge in [-0.25, -0.2) is 4.39 Å². The number of H-pyrrole nitrogens is 1. The molecule has 0 saturated carbocycles. The van der Waals surface area contributed by atoms with Crippen LogP contribution in [0.4, 0.5) is 4.39 Å². The molecular formula is C21H18ClFN2O4. The summed E-state index contributed by atoms with van der Waals surface area (Å²) in [4.78, 5) is 38.5. The number of carbonyl (C=O) groups excluding carboxylic acids is 1. The van der Waals surface area contributed by atoms with Crippen LogP contribution < -0.4 is 10.7 Å². The SMILES string of the molecule is O=C(O)CCCc1cc(F)c2[nH]cc(C(=O)NCc3ccc(Cl)cc3)c(=O)c2c1. The molecule has 3 rings (SSSR count). The fourth-order valence-electron chi connectivity index (χ4n) is 2.98. The van der Waals surface area contributed by atoms with E-state index in [0.29, 0.717) is 23.4 Å². The minimum atomic E-state index is -0.941. The lowest BCUT2D eigenvalue weighted by Crippen LogP contribution is -2.28. The molecule has 0 atom stereocenters. The zero-order valence-corrected chi connectivity index (χ0v) is 16.1. The lowest BCUT2D eigenvalue weighted by molar-refractivity contribution is -0.137. The lowest BCUT2D eigenvalue weighted by atomic mass is 10.0. The Morgan fingerprint density at radius 2 is 1.86 bits per heavy atom. The molecule has 1 amide bonds. The first-order valence-electron chi connectivity index (χ1n) is 8.93. The van der Waals surface area contributed by atoms with Gasteiger partial charge in [0.15, 0.2) is 0 Å². The van der Waals surface area contributed by atoms with Crippen LogP contribution in [0.15, 0.2) is 47.4 Å². The quantitative estimate of drug-likeness (QED) is 0.547. The summed E-state index contributed by atoms with van der Waals surface area (Å²) in [6.07, 6.45) is 1.77. The molecule has 0 aliphatic heterocycles. The Morgan fingerprint density at radius 1 is 1.14 bits per heavy atom. The van der Waals surface area contributed by atoms with Gasteiger partial charge >= 0.3 is 5.97 Å². The zero-order chi connectivity index (χ0) is 21.0. The Labute approximate surface area is 170 Å². The predicted octanol–water partition coefficient (Wildman–Crippen LogP) is 3.66. The molecule has 0 aliphatic rings. The van der Waals surface area contributed by atoms with Crippen molar-refractivity contribution in [3.05, 3.63) is 80.3 Å². The van der Waals surface area contributed by atoms with E-state index in [1.807, 2.05) is 0 Å². The molecule has 3 aromatic rings. The molecule has 2 aromatic carbocycles. The van der Waals surface area contributed by atoms with Crippen molar-refractivity contribution in [2.45, 2.75) is 25.8 Å². The summed E-state index contributed by atoms with van der Waals surface area (Å²) >= 11 is 5.83. The van der Waals surface area contributed by atoms with Crippen molar-refractivity contribution in [2.24, 2.45) is 0 Å². The number of nitrogens with one attached hydrogen (secondary N) is 2. The number of fused-ring (bicyclic) bond motifs is 1. The first-order chi connectivity index (χ1) is 13.8. The van der Waals surface area contributed by atoms with Gasteiger partial charge in [-0.1, -0.05) is 23.7 Å². The largest absolute Gasteiger partial charge is 0.481 e. The van der Waals surface area contributed by atoms with E-state index in [1.165, 1.54) is 18.3 Å². The molecule has 0 spiro atoms. The van der Waals surface area contributed by atoms with E-state index in [-0.39, 0.29) is 29.4 Å². The van der Waals surface area contributed by atoms with Gasteiger partial charge in [-0.3, -0.25) is 14.4 Å². The third-order valence-electron chi connectivity index (χ3n) is 4.47. The lowest BCUT2D eigenvalue weighted by Gasteiger charge is -2.08. The molecule has 0 aliphatic carbocycles. The van der Waals surface area contributed by atoms with Crippen molar-refractivity contribution in [2.75, 3.05) is 0 Å². The summed E-state index contributed by atoms with van der Waals surface area (Å²) in [5.74, 6) is -2.15. The molecule has 8 heteroatoms. The average molecular weight is 417 g/mol. The van der Waals surface area contributed by atoms with Gasteiger partial charge in [0.05, 0.1) is 5.52 Å². The van der Waals surface area contributed by atoms with Crippen LogP contribution in [0.2, 0.25) is 5.02 Å². The molecule has 29 heavy (non-hydrogen) atoms. The number of hydrogen-bond donors (Lipinski definition) is 3. The highest BCUT2D eigenvalue weighted by Gasteiger charge is 2.15. The molecule has 1 heterocycles. The molecular weight excluding hydrogens is 399 g/mol. The van der Waals surface area contributed by atoms with Crippen LogP contribution in [-0.2, 0) is 17.8 Å². The van der Waals surface area contributed by atoms with Crippen LogP contribution in [0.1, 0.15) is 34.3 Å². The van der Waals surface area contributed by atoms with E-state index in [1.54, 1.807) is 24.3 Å². The normalized spacial score (nSPS) is 10.8. The number of pyridine rings is 1. The number of aliphatic carboxylic acids is 1. The topological polar surface area (TPSA) is 99.3 Å². The van der Waals surface area contributed by atoms with Gasteiger partial charge < -0.3 is 15.4 Å². The first kappa shape index (κ1) is 20.5. The third-order valence-corrected chi connectivity index (χ3v) is 4.72. The number of benzene rings is 2. The number of carboxylic acids is 1. The van der Waals surface area contributed by atoms with Crippen LogP contribution in [0, 0.1) is 5.82 Å². The molecule has 3 N–H and O–H groups in total. The van der Waals surface area contributed by atoms with Gasteiger partial charge in [-0.15, -0.1) is 0 Å². The number of carboxylic acid groups (broad SMARTS) is 1. The Hall–Kier alpha value is -3.19. The number of hydrogen-bond acceptors (Lipinski definition) is 3. The van der Waals surface area contributed by atoms with Crippen molar-refractivity contribution in [3.63, 3.8) is 0 Å². The maximum absolute atomic E-state index is 14.3. The van der Waals surface area contributed by atoms with Crippen molar-refractivity contribution in [3.8, 4) is 0 Å². The number of aryl methyl sites for hydroxylation is 1. The summed E-state index contributed by atoms with van der Waals surface area (Å²) in [6, 6.07) is 9.66. The minimum Gasteiger partial charge on any atom is -0.481 e. The second-order valence-electron chi connectivity index (χ2n) is 6.59. The highest BCUT2D eigenvalue weighted by Crippen LogP contribution is 2.18.